The number of allylic oxidation sites excluding steroid dienone is 1. The number of carboxylic acids is 1. The van der Waals surface area contributed by atoms with Gasteiger partial charge in [-0.1, -0.05) is 65.3 Å². The number of hydrogen-bond donors (Lipinski definition) is 1. The molecular weight excluding hydrogens is 398 g/mol. The summed E-state index contributed by atoms with van der Waals surface area (Å²) in [5, 5.41) is 9.64. The summed E-state index contributed by atoms with van der Waals surface area (Å²) < 4.78 is 0. The lowest BCUT2D eigenvalue weighted by atomic mass is 9.68. The number of carbonyl (C=O) groups excluding carboxylic acids is 1. The van der Waals surface area contributed by atoms with E-state index in [1.54, 1.807) is 4.90 Å². The minimum absolute atomic E-state index is 0.0280. The monoisotopic (exact) mass is 433 g/mol. The first-order chi connectivity index (χ1) is 13.8. The molecule has 0 bridgehead atoms. The van der Waals surface area contributed by atoms with Crippen molar-refractivity contribution in [2.45, 2.75) is 79.1 Å². The summed E-state index contributed by atoms with van der Waals surface area (Å²) in [4.78, 5) is 25.4. The normalized spacial score (nSPS) is 19.9. The van der Waals surface area contributed by atoms with Crippen LogP contribution in [0.2, 0.25) is 5.02 Å². The topological polar surface area (TPSA) is 57.6 Å². The molecule has 0 saturated carbocycles. The van der Waals surface area contributed by atoms with Crippen molar-refractivity contribution < 1.29 is 14.7 Å². The Morgan fingerprint density at radius 3 is 2.50 bits per heavy atom. The summed E-state index contributed by atoms with van der Waals surface area (Å²) in [7, 11) is 0. The van der Waals surface area contributed by atoms with Crippen LogP contribution in [0.1, 0.15) is 78.4 Å². The zero-order chi connectivity index (χ0) is 22.7. The van der Waals surface area contributed by atoms with E-state index in [0.29, 0.717) is 19.4 Å². The molecule has 0 saturated heterocycles. The average molecular weight is 434 g/mol. The summed E-state index contributed by atoms with van der Waals surface area (Å²) >= 11 is 6.66. The van der Waals surface area contributed by atoms with E-state index in [0.717, 1.165) is 29.0 Å². The molecule has 1 heterocycles. The van der Waals surface area contributed by atoms with Crippen LogP contribution >= 0.6 is 11.6 Å². The maximum absolute atomic E-state index is 12.9. The molecule has 4 nitrogen and oxygen atoms in total. The second kappa shape index (κ2) is 9.55. The van der Waals surface area contributed by atoms with Gasteiger partial charge in [0.05, 0.1) is 0 Å². The molecule has 0 fully saturated rings. The van der Waals surface area contributed by atoms with Crippen molar-refractivity contribution in [3.63, 3.8) is 0 Å². The molecule has 1 aromatic carbocycles. The Morgan fingerprint density at radius 1 is 1.30 bits per heavy atom. The molecule has 1 aliphatic rings. The fourth-order valence-corrected chi connectivity index (χ4v) is 4.41. The third kappa shape index (κ3) is 6.10. The number of carboxylic acid groups (broad SMARTS) is 1. The first kappa shape index (κ1) is 24.5. The molecule has 0 aromatic heterocycles. The number of hydrogen-bond acceptors (Lipinski definition) is 2. The van der Waals surface area contributed by atoms with E-state index in [4.69, 9.17) is 16.7 Å². The summed E-state index contributed by atoms with van der Waals surface area (Å²) in [5.41, 5.74) is 3.22. The predicted octanol–water partition coefficient (Wildman–Crippen LogP) is 6.21. The van der Waals surface area contributed by atoms with Crippen molar-refractivity contribution in [1.82, 2.24) is 4.90 Å². The zero-order valence-corrected chi connectivity index (χ0v) is 20.0. The molecule has 0 aliphatic carbocycles. The minimum atomic E-state index is -0.835. The van der Waals surface area contributed by atoms with Crippen molar-refractivity contribution in [2.75, 3.05) is 6.54 Å². The summed E-state index contributed by atoms with van der Waals surface area (Å²) in [6, 6.07) is 6.26. The number of nitrogens with zero attached hydrogens (tertiary/aromatic N) is 1. The van der Waals surface area contributed by atoms with E-state index in [2.05, 4.69) is 53.7 Å². The Bertz CT molecular complexity index is 822. The largest absolute Gasteiger partial charge is 0.481 e. The molecule has 0 spiro atoms. The van der Waals surface area contributed by atoms with Crippen molar-refractivity contribution in [3.8, 4) is 0 Å². The first-order valence-electron chi connectivity index (χ1n) is 10.9. The third-order valence-corrected chi connectivity index (χ3v) is 6.36. The van der Waals surface area contributed by atoms with Crippen molar-refractivity contribution in [1.29, 1.82) is 0 Å². The van der Waals surface area contributed by atoms with Crippen molar-refractivity contribution in [2.24, 2.45) is 11.3 Å². The highest BCUT2D eigenvalue weighted by atomic mass is 35.5. The quantitative estimate of drug-likeness (QED) is 0.529. The molecular formula is C25H36ClNO3. The number of aryl methyl sites for hydroxylation is 1. The lowest BCUT2D eigenvalue weighted by Crippen LogP contribution is -2.42. The fraction of sp³-hybridized carbons (Fsp3) is 0.600. The van der Waals surface area contributed by atoms with Crippen LogP contribution in [-0.2, 0) is 21.4 Å². The second-order valence-electron chi connectivity index (χ2n) is 10.2. The second-order valence-corrected chi connectivity index (χ2v) is 10.6. The lowest BCUT2D eigenvalue weighted by molar-refractivity contribution is -0.138. The standard InChI is InChI=1S/C25H36ClNO3/c1-17(2)20-16-27(13-7-8-23(29)30)22(28)15-25(20,6)19-10-9-18(21(26)14-19)11-12-24(3,4)5/h9-10,14,16-17H,7-8,11-13,15H2,1-6H3,(H,29,30)/t25-/m0/s1. The Morgan fingerprint density at radius 2 is 1.97 bits per heavy atom. The maximum atomic E-state index is 12.9. The Kier molecular flexibility index (Phi) is 7.79. The highest BCUT2D eigenvalue weighted by molar-refractivity contribution is 6.31. The molecule has 1 amide bonds. The van der Waals surface area contributed by atoms with E-state index in [1.807, 2.05) is 12.3 Å². The molecule has 0 radical (unpaired) electrons. The number of aliphatic carboxylic acids is 1. The van der Waals surface area contributed by atoms with Crippen LogP contribution in [0.25, 0.3) is 0 Å². The third-order valence-electron chi connectivity index (χ3n) is 6.00. The van der Waals surface area contributed by atoms with Gasteiger partial charge in [0.25, 0.3) is 0 Å². The van der Waals surface area contributed by atoms with Crippen LogP contribution < -0.4 is 0 Å². The number of carbonyl (C=O) groups is 2. The van der Waals surface area contributed by atoms with Crippen LogP contribution in [0.5, 0.6) is 0 Å². The highest BCUT2D eigenvalue weighted by Crippen LogP contribution is 2.43. The number of benzene rings is 1. The van der Waals surface area contributed by atoms with Crippen LogP contribution in [0.15, 0.2) is 30.0 Å². The van der Waals surface area contributed by atoms with Crippen molar-refractivity contribution in [3.05, 3.63) is 46.1 Å². The van der Waals surface area contributed by atoms with Crippen LogP contribution in [0.4, 0.5) is 0 Å². The smallest absolute Gasteiger partial charge is 0.303 e. The molecule has 1 aromatic rings. The van der Waals surface area contributed by atoms with Gasteiger partial charge in [-0.3, -0.25) is 9.59 Å². The van der Waals surface area contributed by atoms with E-state index in [-0.39, 0.29) is 23.7 Å². The number of rotatable bonds is 8. The highest BCUT2D eigenvalue weighted by Gasteiger charge is 2.40. The van der Waals surface area contributed by atoms with E-state index < -0.39 is 11.4 Å². The van der Waals surface area contributed by atoms with Gasteiger partial charge in [0, 0.05) is 36.0 Å². The van der Waals surface area contributed by atoms with Crippen LogP contribution in [0, 0.1) is 11.3 Å². The average Bonchev–Trinajstić information content (AvgIpc) is 2.61. The van der Waals surface area contributed by atoms with Gasteiger partial charge >= 0.3 is 5.97 Å². The molecule has 166 valence electrons. The van der Waals surface area contributed by atoms with E-state index in [9.17, 15) is 9.59 Å². The van der Waals surface area contributed by atoms with Gasteiger partial charge < -0.3 is 10.0 Å². The molecule has 0 unspecified atom stereocenters. The van der Waals surface area contributed by atoms with Gasteiger partial charge in [-0.15, -0.1) is 0 Å². The maximum Gasteiger partial charge on any atom is 0.303 e. The summed E-state index contributed by atoms with van der Waals surface area (Å²) in [6.07, 6.45) is 4.82. The van der Waals surface area contributed by atoms with E-state index in [1.165, 1.54) is 5.57 Å². The summed E-state index contributed by atoms with van der Waals surface area (Å²) in [5.74, 6) is -0.553. The lowest BCUT2D eigenvalue weighted by Gasteiger charge is -2.41. The van der Waals surface area contributed by atoms with Crippen LogP contribution in [0.3, 0.4) is 0 Å². The molecule has 1 aliphatic heterocycles. The van der Waals surface area contributed by atoms with Crippen LogP contribution in [-0.4, -0.2) is 28.4 Å². The van der Waals surface area contributed by atoms with Gasteiger partial charge in [0.1, 0.15) is 0 Å². The van der Waals surface area contributed by atoms with Gasteiger partial charge in [-0.25, -0.2) is 0 Å². The minimum Gasteiger partial charge on any atom is -0.481 e. The zero-order valence-electron chi connectivity index (χ0n) is 19.2. The molecule has 1 N–H and O–H groups in total. The number of amides is 1. The first-order valence-corrected chi connectivity index (χ1v) is 11.2. The van der Waals surface area contributed by atoms with Gasteiger partial charge in [-0.05, 0) is 53.4 Å². The van der Waals surface area contributed by atoms with Gasteiger partial charge in [-0.2, -0.15) is 0 Å². The molecule has 30 heavy (non-hydrogen) atoms. The molecule has 1 atom stereocenters. The Labute approximate surface area is 186 Å². The molecule has 5 heteroatoms. The Hall–Kier alpha value is -1.81. The molecule has 2 rings (SSSR count). The predicted molar refractivity (Wildman–Crippen MR) is 123 cm³/mol. The fourth-order valence-electron chi connectivity index (χ4n) is 4.14. The summed E-state index contributed by atoms with van der Waals surface area (Å²) in [6.45, 7) is 13.5. The van der Waals surface area contributed by atoms with E-state index >= 15 is 0 Å². The van der Waals surface area contributed by atoms with Crippen molar-refractivity contribution >= 4 is 23.5 Å². The number of halogens is 1. The Balaban J connectivity index is 2.31. The SMILES string of the molecule is CC(C)C1=CN(CCCC(=O)O)C(=O)C[C@@]1(C)c1ccc(CCC(C)(C)C)c(Cl)c1. The van der Waals surface area contributed by atoms with Gasteiger partial charge in [0.15, 0.2) is 0 Å². The van der Waals surface area contributed by atoms with Gasteiger partial charge in [0.2, 0.25) is 5.91 Å².